The van der Waals surface area contributed by atoms with Crippen molar-refractivity contribution in [2.24, 2.45) is 5.14 Å². The van der Waals surface area contributed by atoms with E-state index in [-0.39, 0.29) is 29.8 Å². The van der Waals surface area contributed by atoms with Crippen molar-refractivity contribution in [3.05, 3.63) is 95.6 Å². The van der Waals surface area contributed by atoms with Crippen LogP contribution in [0.4, 0.5) is 4.39 Å². The predicted molar refractivity (Wildman–Crippen MR) is 142 cm³/mol. The van der Waals surface area contributed by atoms with Crippen molar-refractivity contribution in [1.29, 1.82) is 0 Å². The predicted octanol–water partition coefficient (Wildman–Crippen LogP) is 4.77. The van der Waals surface area contributed by atoms with Gasteiger partial charge < -0.3 is 19.0 Å². The summed E-state index contributed by atoms with van der Waals surface area (Å²) >= 11 is 0. The molecule has 4 aromatic rings. The zero-order valence-corrected chi connectivity index (χ0v) is 21.9. The largest absolute Gasteiger partial charge is 0.440 e. The first-order valence-corrected chi connectivity index (χ1v) is 14.2. The van der Waals surface area contributed by atoms with E-state index in [0.717, 1.165) is 5.56 Å². The fourth-order valence-electron chi connectivity index (χ4n) is 4.68. The zero-order chi connectivity index (χ0) is 27.4. The molecule has 0 amide bonds. The van der Waals surface area contributed by atoms with Gasteiger partial charge in [0.2, 0.25) is 10.0 Å². The number of halogens is 1. The molecule has 1 aliphatic heterocycles. The lowest BCUT2D eigenvalue weighted by Crippen LogP contribution is -2.24. The molecule has 0 saturated carbocycles. The minimum atomic E-state index is -3.82. The molecule has 39 heavy (non-hydrogen) atoms. The van der Waals surface area contributed by atoms with Crippen molar-refractivity contribution >= 4 is 10.0 Å². The Bertz CT molecular complexity index is 1520. The van der Waals surface area contributed by atoms with Crippen LogP contribution < -0.4 is 5.14 Å². The second-order valence-corrected chi connectivity index (χ2v) is 11.0. The summed E-state index contributed by atoms with van der Waals surface area (Å²) in [5, 5.41) is 15.0. The molecule has 0 radical (unpaired) electrons. The van der Waals surface area contributed by atoms with Gasteiger partial charge in [-0.05, 0) is 42.2 Å². The lowest BCUT2D eigenvalue weighted by atomic mass is 9.89. The monoisotopic (exact) mass is 552 g/mol. The molecule has 1 aromatic heterocycles. The summed E-state index contributed by atoms with van der Waals surface area (Å²) in [6.45, 7) is 0.725. The Kier molecular flexibility index (Phi) is 8.20. The number of sulfonamides is 1. The van der Waals surface area contributed by atoms with Crippen molar-refractivity contribution in [1.82, 2.24) is 4.98 Å². The van der Waals surface area contributed by atoms with E-state index >= 15 is 4.39 Å². The van der Waals surface area contributed by atoms with Crippen LogP contribution >= 0.6 is 0 Å². The summed E-state index contributed by atoms with van der Waals surface area (Å²) in [6.07, 6.45) is 0.491. The van der Waals surface area contributed by atoms with E-state index in [1.54, 1.807) is 30.3 Å². The van der Waals surface area contributed by atoms with Crippen LogP contribution in [0.25, 0.3) is 22.6 Å². The van der Waals surface area contributed by atoms with Gasteiger partial charge in [-0.25, -0.2) is 22.9 Å². The van der Waals surface area contributed by atoms with Gasteiger partial charge in [0.1, 0.15) is 11.5 Å². The Labute approximate surface area is 226 Å². The number of ether oxygens (including phenoxy) is 2. The smallest absolute Gasteiger partial charge is 0.238 e. The Balaban J connectivity index is 1.29. The van der Waals surface area contributed by atoms with Crippen molar-refractivity contribution in [2.75, 3.05) is 13.2 Å². The molecule has 2 unspecified atom stereocenters. The number of oxazole rings is 1. The van der Waals surface area contributed by atoms with Gasteiger partial charge in [-0.3, -0.25) is 0 Å². The van der Waals surface area contributed by atoms with E-state index in [1.807, 2.05) is 30.3 Å². The van der Waals surface area contributed by atoms with Crippen LogP contribution in [0.3, 0.4) is 0 Å². The highest BCUT2D eigenvalue weighted by atomic mass is 32.2. The van der Waals surface area contributed by atoms with Crippen LogP contribution in [-0.4, -0.2) is 38.0 Å². The van der Waals surface area contributed by atoms with Crippen LogP contribution in [0.2, 0.25) is 0 Å². The van der Waals surface area contributed by atoms with Gasteiger partial charge >= 0.3 is 0 Å². The molecular weight excluding hydrogens is 523 g/mol. The number of benzene rings is 3. The third kappa shape index (κ3) is 6.43. The SMILES string of the molecule is NS(=O)(=O)c1ccc(-c2oc(CCOCc3cccc(C4CCOC(O)C4)c3F)nc2-c2ccccc2)cc1. The van der Waals surface area contributed by atoms with E-state index in [2.05, 4.69) is 4.98 Å². The molecule has 5 rings (SSSR count). The van der Waals surface area contributed by atoms with Crippen LogP contribution in [-0.2, 0) is 32.5 Å². The van der Waals surface area contributed by atoms with Crippen LogP contribution in [0.5, 0.6) is 0 Å². The summed E-state index contributed by atoms with van der Waals surface area (Å²) in [7, 11) is -3.82. The number of hydrogen-bond acceptors (Lipinski definition) is 7. The lowest BCUT2D eigenvalue weighted by molar-refractivity contribution is -0.129. The molecule has 1 aliphatic rings. The fraction of sp³-hybridized carbons (Fsp3) is 0.276. The summed E-state index contributed by atoms with van der Waals surface area (Å²) in [6, 6.07) is 20.8. The highest BCUT2D eigenvalue weighted by Crippen LogP contribution is 2.34. The van der Waals surface area contributed by atoms with Crippen LogP contribution in [0, 0.1) is 5.82 Å². The van der Waals surface area contributed by atoms with Gasteiger partial charge in [0, 0.05) is 29.5 Å². The minimum absolute atomic E-state index is 0.00458. The molecular formula is C29H29FN2O6S. The van der Waals surface area contributed by atoms with Crippen molar-refractivity contribution in [2.45, 2.75) is 43.0 Å². The molecule has 0 spiro atoms. The Morgan fingerprint density at radius 2 is 1.79 bits per heavy atom. The molecule has 0 aliphatic carbocycles. The molecule has 204 valence electrons. The Hall–Kier alpha value is -3.41. The van der Waals surface area contributed by atoms with Gasteiger partial charge in [-0.1, -0.05) is 48.5 Å². The third-order valence-corrected chi connectivity index (χ3v) is 7.62. The molecule has 1 saturated heterocycles. The number of nitrogens with zero attached hydrogens (tertiary/aromatic N) is 1. The van der Waals surface area contributed by atoms with Crippen LogP contribution in [0.15, 0.2) is 82.1 Å². The van der Waals surface area contributed by atoms with Gasteiger partial charge in [-0.15, -0.1) is 0 Å². The van der Waals surface area contributed by atoms with Gasteiger partial charge in [0.05, 0.1) is 24.7 Å². The summed E-state index contributed by atoms with van der Waals surface area (Å²) in [5.41, 5.74) is 3.12. The van der Waals surface area contributed by atoms with E-state index in [4.69, 9.17) is 19.0 Å². The maximum Gasteiger partial charge on any atom is 0.238 e. The number of aliphatic hydroxyl groups excluding tert-OH is 1. The number of primary sulfonamides is 1. The average Bonchev–Trinajstić information content (AvgIpc) is 3.36. The maximum atomic E-state index is 15.2. The molecule has 3 N–H and O–H groups in total. The quantitative estimate of drug-likeness (QED) is 0.287. The first-order chi connectivity index (χ1) is 18.8. The molecule has 8 nitrogen and oxygen atoms in total. The standard InChI is InChI=1S/C29H29FN2O6S/c30-27-22(7-4-8-24(27)21-13-16-37-26(33)17-21)18-36-15-14-25-32-28(19-5-2-1-3-6-19)29(38-25)20-9-11-23(12-10-20)39(31,34)35/h1-12,21,26,33H,13-18H2,(H2,31,34,35). The molecule has 2 atom stereocenters. The molecule has 0 bridgehead atoms. The maximum absolute atomic E-state index is 15.2. The zero-order valence-electron chi connectivity index (χ0n) is 21.1. The fourth-order valence-corrected chi connectivity index (χ4v) is 5.20. The number of rotatable bonds is 9. The van der Waals surface area contributed by atoms with E-state index in [0.29, 0.717) is 59.9 Å². The topological polar surface area (TPSA) is 125 Å². The van der Waals surface area contributed by atoms with Crippen LogP contribution in [0.1, 0.15) is 35.8 Å². The Morgan fingerprint density at radius 1 is 1.03 bits per heavy atom. The Morgan fingerprint density at radius 3 is 2.51 bits per heavy atom. The van der Waals surface area contributed by atoms with E-state index in [9.17, 15) is 13.5 Å². The first kappa shape index (κ1) is 27.2. The molecule has 3 aromatic carbocycles. The average molecular weight is 553 g/mol. The molecule has 1 fully saturated rings. The van der Waals surface area contributed by atoms with Crippen molar-refractivity contribution < 1.29 is 31.8 Å². The lowest BCUT2D eigenvalue weighted by Gasteiger charge is -2.27. The van der Waals surface area contributed by atoms with Gasteiger partial charge in [0.25, 0.3) is 0 Å². The normalized spacial score (nSPS) is 17.8. The molecule has 2 heterocycles. The number of aliphatic hydroxyl groups is 1. The highest BCUT2D eigenvalue weighted by molar-refractivity contribution is 7.89. The second-order valence-electron chi connectivity index (χ2n) is 9.39. The second kappa shape index (κ2) is 11.8. The minimum Gasteiger partial charge on any atom is -0.440 e. The van der Waals surface area contributed by atoms with Crippen molar-refractivity contribution in [3.63, 3.8) is 0 Å². The van der Waals surface area contributed by atoms with Gasteiger partial charge in [-0.2, -0.15) is 0 Å². The number of nitrogens with two attached hydrogens (primary N) is 1. The third-order valence-electron chi connectivity index (χ3n) is 6.69. The van der Waals surface area contributed by atoms with Crippen molar-refractivity contribution in [3.8, 4) is 22.6 Å². The van der Waals surface area contributed by atoms with E-state index < -0.39 is 16.3 Å². The van der Waals surface area contributed by atoms with Gasteiger partial charge in [0.15, 0.2) is 17.9 Å². The summed E-state index contributed by atoms with van der Waals surface area (Å²) in [5.74, 6) is 0.513. The molecule has 10 heteroatoms. The first-order valence-electron chi connectivity index (χ1n) is 12.6. The highest BCUT2D eigenvalue weighted by Gasteiger charge is 2.25. The number of hydrogen-bond donors (Lipinski definition) is 2. The summed E-state index contributed by atoms with van der Waals surface area (Å²) < 4.78 is 55.5. The number of aromatic nitrogens is 1. The summed E-state index contributed by atoms with van der Waals surface area (Å²) in [4.78, 5) is 4.68. The van der Waals surface area contributed by atoms with E-state index in [1.165, 1.54) is 12.1 Å².